The molecule has 0 N–H and O–H groups in total. The van der Waals surface area contributed by atoms with Gasteiger partial charge in [0.1, 0.15) is 5.75 Å². The molecule has 0 aliphatic heterocycles. The van der Waals surface area contributed by atoms with Crippen molar-refractivity contribution in [2.45, 2.75) is 46.5 Å². The number of unbranched alkanes of at least 4 members (excludes halogenated alkanes) is 1. The average molecular weight is 333 g/mol. The first-order chi connectivity index (χ1) is 9.97. The van der Waals surface area contributed by atoms with Gasteiger partial charge in [-0.15, -0.1) is 0 Å². The molecule has 0 saturated heterocycles. The molecule has 0 amide bonds. The summed E-state index contributed by atoms with van der Waals surface area (Å²) in [5.41, 5.74) is 0. The first-order valence-corrected chi connectivity index (χ1v) is 9.75. The Morgan fingerprint density at radius 3 is 2.57 bits per heavy atom. The molecule has 0 radical (unpaired) electrons. The van der Waals surface area contributed by atoms with E-state index in [-0.39, 0.29) is 0 Å². The van der Waals surface area contributed by atoms with Crippen molar-refractivity contribution in [2.24, 2.45) is 5.92 Å². The highest BCUT2D eigenvalue weighted by molar-refractivity contribution is 7.54. The first-order valence-electron chi connectivity index (χ1n) is 7.64. The van der Waals surface area contributed by atoms with Gasteiger partial charge in [-0.25, -0.2) is 4.57 Å². The van der Waals surface area contributed by atoms with Crippen LogP contribution in [0, 0.1) is 5.92 Å². The molecule has 1 atom stereocenters. The van der Waals surface area contributed by atoms with Crippen molar-refractivity contribution in [2.75, 3.05) is 12.8 Å². The second-order valence-electron chi connectivity index (χ2n) is 5.58. The van der Waals surface area contributed by atoms with Gasteiger partial charge in [0.15, 0.2) is 0 Å². The van der Waals surface area contributed by atoms with Crippen molar-refractivity contribution in [1.82, 2.24) is 0 Å². The van der Waals surface area contributed by atoms with Gasteiger partial charge in [-0.3, -0.25) is 4.52 Å². The summed E-state index contributed by atoms with van der Waals surface area (Å²) in [6.07, 6.45) is 4.13. The third-order valence-corrected chi connectivity index (χ3v) is 5.30. The fourth-order valence-electron chi connectivity index (χ4n) is 1.85. The van der Waals surface area contributed by atoms with Crippen molar-refractivity contribution in [3.63, 3.8) is 0 Å². The third kappa shape index (κ3) is 7.35. The number of halogens is 1. The predicted octanol–water partition coefficient (Wildman–Crippen LogP) is 6.16. The van der Waals surface area contributed by atoms with Crippen LogP contribution in [0.4, 0.5) is 0 Å². The largest absolute Gasteiger partial charge is 0.423 e. The second-order valence-corrected chi connectivity index (χ2v) is 8.10. The van der Waals surface area contributed by atoms with Crippen LogP contribution in [0.15, 0.2) is 24.3 Å². The Hall–Kier alpha value is -0.500. The summed E-state index contributed by atoms with van der Waals surface area (Å²) in [7, 11) is -3.13. The molecule has 0 heterocycles. The molecular formula is C16H26ClO3P. The maximum absolute atomic E-state index is 12.8. The lowest BCUT2D eigenvalue weighted by atomic mass is 10.1. The zero-order valence-corrected chi connectivity index (χ0v) is 14.8. The molecule has 1 aromatic carbocycles. The number of benzene rings is 1. The maximum Gasteiger partial charge on any atom is 0.379 e. The monoisotopic (exact) mass is 332 g/mol. The van der Waals surface area contributed by atoms with Gasteiger partial charge in [0.25, 0.3) is 0 Å². The minimum atomic E-state index is -3.13. The van der Waals surface area contributed by atoms with Crippen molar-refractivity contribution < 1.29 is 13.6 Å². The fourth-order valence-corrected chi connectivity index (χ4v) is 3.92. The Balaban J connectivity index is 2.65. The standard InChI is InChI=1S/C16H26ClO3P/c1-4-5-13-21(18,19-12-8-9-14(2)3)20-16-11-7-6-10-15(16)17/h6-7,10-11,14H,4-5,8-9,12-13H2,1-3H3. The van der Waals surface area contributed by atoms with E-state index in [1.54, 1.807) is 12.1 Å². The van der Waals surface area contributed by atoms with Gasteiger partial charge in [-0.1, -0.05) is 50.9 Å². The Labute approximate surface area is 133 Å². The summed E-state index contributed by atoms with van der Waals surface area (Å²) in [6, 6.07) is 7.07. The lowest BCUT2D eigenvalue weighted by Gasteiger charge is -2.20. The van der Waals surface area contributed by atoms with Gasteiger partial charge in [0.2, 0.25) is 0 Å². The number of para-hydroxylation sites is 1. The van der Waals surface area contributed by atoms with E-state index in [1.807, 2.05) is 12.1 Å². The Bertz CT molecular complexity index is 463. The van der Waals surface area contributed by atoms with Gasteiger partial charge in [0.05, 0.1) is 17.8 Å². The third-order valence-electron chi connectivity index (χ3n) is 3.07. The number of hydrogen-bond acceptors (Lipinski definition) is 3. The molecule has 1 aromatic rings. The molecule has 3 nitrogen and oxygen atoms in total. The Kier molecular flexibility index (Phi) is 8.39. The molecule has 120 valence electrons. The van der Waals surface area contributed by atoms with E-state index in [0.717, 1.165) is 25.7 Å². The highest BCUT2D eigenvalue weighted by Crippen LogP contribution is 2.50. The SMILES string of the molecule is CCCCP(=O)(OCCCC(C)C)Oc1ccccc1Cl. The Morgan fingerprint density at radius 2 is 1.95 bits per heavy atom. The van der Waals surface area contributed by atoms with Crippen molar-refractivity contribution in [3.8, 4) is 5.75 Å². The van der Waals surface area contributed by atoms with E-state index in [1.165, 1.54) is 0 Å². The molecule has 21 heavy (non-hydrogen) atoms. The van der Waals surface area contributed by atoms with Crippen LogP contribution in [0.3, 0.4) is 0 Å². The molecule has 0 spiro atoms. The average Bonchev–Trinajstić information content (AvgIpc) is 2.44. The normalized spacial score (nSPS) is 14.1. The molecule has 0 aliphatic rings. The molecule has 0 fully saturated rings. The quantitative estimate of drug-likeness (QED) is 0.380. The van der Waals surface area contributed by atoms with Crippen LogP contribution in [0.1, 0.15) is 46.5 Å². The van der Waals surface area contributed by atoms with Crippen LogP contribution in [0.2, 0.25) is 5.02 Å². The molecular weight excluding hydrogens is 307 g/mol. The van der Waals surface area contributed by atoms with Gasteiger partial charge >= 0.3 is 7.60 Å². The van der Waals surface area contributed by atoms with Crippen LogP contribution in [-0.4, -0.2) is 12.8 Å². The lowest BCUT2D eigenvalue weighted by molar-refractivity contribution is 0.253. The highest BCUT2D eigenvalue weighted by Gasteiger charge is 2.26. The van der Waals surface area contributed by atoms with E-state index in [4.69, 9.17) is 20.6 Å². The maximum atomic E-state index is 12.8. The number of hydrogen-bond donors (Lipinski definition) is 0. The summed E-state index contributed by atoms with van der Waals surface area (Å²) in [6.45, 7) is 6.84. The zero-order valence-electron chi connectivity index (χ0n) is 13.2. The van der Waals surface area contributed by atoms with Crippen LogP contribution in [0.25, 0.3) is 0 Å². The van der Waals surface area contributed by atoms with E-state index in [0.29, 0.717) is 29.5 Å². The zero-order chi connectivity index (χ0) is 15.7. The lowest BCUT2D eigenvalue weighted by Crippen LogP contribution is -2.05. The van der Waals surface area contributed by atoms with Crippen LogP contribution in [-0.2, 0) is 9.09 Å². The minimum Gasteiger partial charge on any atom is -0.423 e. The predicted molar refractivity (Wildman–Crippen MR) is 89.5 cm³/mol. The van der Waals surface area contributed by atoms with Crippen molar-refractivity contribution in [1.29, 1.82) is 0 Å². The first kappa shape index (κ1) is 18.5. The van der Waals surface area contributed by atoms with Crippen LogP contribution in [0.5, 0.6) is 5.75 Å². The van der Waals surface area contributed by atoms with E-state index in [9.17, 15) is 4.57 Å². The van der Waals surface area contributed by atoms with Gasteiger partial charge in [0, 0.05) is 0 Å². The second kappa shape index (κ2) is 9.50. The molecule has 0 bridgehead atoms. The number of rotatable bonds is 10. The summed E-state index contributed by atoms with van der Waals surface area (Å²) >= 11 is 6.07. The van der Waals surface area contributed by atoms with Gasteiger partial charge in [-0.05, 0) is 37.3 Å². The highest BCUT2D eigenvalue weighted by atomic mass is 35.5. The molecule has 1 rings (SSSR count). The topological polar surface area (TPSA) is 35.5 Å². The van der Waals surface area contributed by atoms with E-state index >= 15 is 0 Å². The van der Waals surface area contributed by atoms with Crippen molar-refractivity contribution in [3.05, 3.63) is 29.3 Å². The van der Waals surface area contributed by atoms with Gasteiger partial charge in [-0.2, -0.15) is 0 Å². The molecule has 1 unspecified atom stereocenters. The molecule has 0 aromatic heterocycles. The molecule has 0 saturated carbocycles. The molecule has 5 heteroatoms. The smallest absolute Gasteiger partial charge is 0.379 e. The van der Waals surface area contributed by atoms with Crippen LogP contribution < -0.4 is 4.52 Å². The van der Waals surface area contributed by atoms with E-state index in [2.05, 4.69) is 20.8 Å². The minimum absolute atomic E-state index is 0.427. The van der Waals surface area contributed by atoms with Crippen LogP contribution >= 0.6 is 19.2 Å². The van der Waals surface area contributed by atoms with E-state index < -0.39 is 7.60 Å². The summed E-state index contributed by atoms with van der Waals surface area (Å²) < 4.78 is 24.1. The molecule has 0 aliphatic carbocycles. The fraction of sp³-hybridized carbons (Fsp3) is 0.625. The summed E-state index contributed by atoms with van der Waals surface area (Å²) in [5, 5.41) is 0.458. The Morgan fingerprint density at radius 1 is 1.24 bits per heavy atom. The van der Waals surface area contributed by atoms with Gasteiger partial charge < -0.3 is 4.52 Å². The summed E-state index contributed by atoms with van der Waals surface area (Å²) in [5.74, 6) is 1.05. The van der Waals surface area contributed by atoms with Crippen molar-refractivity contribution >= 4 is 19.2 Å². The summed E-state index contributed by atoms with van der Waals surface area (Å²) in [4.78, 5) is 0.